The van der Waals surface area contributed by atoms with Crippen LogP contribution in [0.15, 0.2) is 24.4 Å². The summed E-state index contributed by atoms with van der Waals surface area (Å²) in [5, 5.41) is 3.49. The summed E-state index contributed by atoms with van der Waals surface area (Å²) < 4.78 is 0. The predicted molar refractivity (Wildman–Crippen MR) is 83.3 cm³/mol. The molecule has 1 aromatic heterocycles. The minimum atomic E-state index is 0.629. The summed E-state index contributed by atoms with van der Waals surface area (Å²) in [6, 6.07) is 6.81. The van der Waals surface area contributed by atoms with Gasteiger partial charge in [-0.15, -0.1) is 0 Å². The maximum Gasteiger partial charge on any atom is 0.0404 e. The molecule has 0 saturated carbocycles. The summed E-state index contributed by atoms with van der Waals surface area (Å²) in [7, 11) is 2.09. The maximum absolute atomic E-state index is 4.41. The van der Waals surface area contributed by atoms with E-state index in [1.165, 1.54) is 44.2 Å². The van der Waals surface area contributed by atoms with Crippen LogP contribution < -0.4 is 5.32 Å². The molecular formula is C17H30N2. The molecule has 0 spiro atoms. The highest BCUT2D eigenvalue weighted by molar-refractivity contribution is 5.03. The second kappa shape index (κ2) is 9.96. The van der Waals surface area contributed by atoms with Gasteiger partial charge < -0.3 is 5.32 Å². The smallest absolute Gasteiger partial charge is 0.0404 e. The van der Waals surface area contributed by atoms with Gasteiger partial charge in [0.1, 0.15) is 0 Å². The highest BCUT2D eigenvalue weighted by atomic mass is 14.9. The Morgan fingerprint density at radius 1 is 1.21 bits per heavy atom. The van der Waals surface area contributed by atoms with E-state index in [1.54, 1.807) is 0 Å². The van der Waals surface area contributed by atoms with Crippen LogP contribution in [-0.2, 0) is 6.42 Å². The van der Waals surface area contributed by atoms with E-state index in [-0.39, 0.29) is 0 Å². The molecule has 0 saturated heterocycles. The van der Waals surface area contributed by atoms with Crippen molar-refractivity contribution in [3.8, 4) is 0 Å². The van der Waals surface area contributed by atoms with Crippen molar-refractivity contribution in [1.82, 2.24) is 10.3 Å². The number of hydrogen-bond acceptors (Lipinski definition) is 2. The molecular weight excluding hydrogens is 232 g/mol. The normalized spacial score (nSPS) is 14.3. The number of pyridine rings is 1. The second-order valence-electron chi connectivity index (χ2n) is 5.50. The van der Waals surface area contributed by atoms with Gasteiger partial charge in [0, 0.05) is 17.9 Å². The van der Waals surface area contributed by atoms with E-state index >= 15 is 0 Å². The van der Waals surface area contributed by atoms with Crippen LogP contribution >= 0.6 is 0 Å². The van der Waals surface area contributed by atoms with Gasteiger partial charge in [-0.3, -0.25) is 4.98 Å². The van der Waals surface area contributed by atoms with Crippen molar-refractivity contribution in [2.75, 3.05) is 7.05 Å². The molecule has 0 aromatic carbocycles. The van der Waals surface area contributed by atoms with E-state index < -0.39 is 0 Å². The Balaban J connectivity index is 2.35. The number of nitrogens with zero attached hydrogens (tertiary/aromatic N) is 1. The third kappa shape index (κ3) is 6.72. The number of unbranched alkanes of at least 4 members (excludes halogenated alkanes) is 1. The molecule has 0 aliphatic heterocycles. The molecule has 0 fully saturated rings. The summed E-state index contributed by atoms with van der Waals surface area (Å²) in [5.41, 5.74) is 1.21. The third-order valence-electron chi connectivity index (χ3n) is 4.04. The van der Waals surface area contributed by atoms with Crippen molar-refractivity contribution in [3.05, 3.63) is 30.1 Å². The van der Waals surface area contributed by atoms with Gasteiger partial charge in [0.25, 0.3) is 0 Å². The molecule has 0 aliphatic carbocycles. The van der Waals surface area contributed by atoms with E-state index in [1.807, 2.05) is 12.3 Å². The molecule has 1 rings (SSSR count). The fraction of sp³-hybridized carbons (Fsp3) is 0.706. The highest BCUT2D eigenvalue weighted by Gasteiger charge is 2.13. The average Bonchev–Trinajstić information content (AvgIpc) is 2.47. The summed E-state index contributed by atoms with van der Waals surface area (Å²) in [4.78, 5) is 4.41. The van der Waals surface area contributed by atoms with Gasteiger partial charge in [0.15, 0.2) is 0 Å². The summed E-state index contributed by atoms with van der Waals surface area (Å²) in [5.74, 6) is 0.876. The number of rotatable bonds is 10. The van der Waals surface area contributed by atoms with Crippen molar-refractivity contribution in [1.29, 1.82) is 0 Å². The van der Waals surface area contributed by atoms with Gasteiger partial charge in [0.2, 0.25) is 0 Å². The number of aryl methyl sites for hydroxylation is 1. The lowest BCUT2D eigenvalue weighted by Crippen LogP contribution is -2.28. The molecule has 0 amide bonds. The first-order chi connectivity index (χ1) is 9.30. The Morgan fingerprint density at radius 2 is 2.05 bits per heavy atom. The molecule has 2 unspecified atom stereocenters. The van der Waals surface area contributed by atoms with E-state index in [9.17, 15) is 0 Å². The van der Waals surface area contributed by atoms with Crippen LogP contribution in [0.3, 0.4) is 0 Å². The maximum atomic E-state index is 4.41. The summed E-state index contributed by atoms with van der Waals surface area (Å²) in [6.45, 7) is 4.61. The van der Waals surface area contributed by atoms with Crippen LogP contribution in [0.4, 0.5) is 0 Å². The van der Waals surface area contributed by atoms with Crippen LogP contribution in [0.25, 0.3) is 0 Å². The minimum Gasteiger partial charge on any atom is -0.317 e. The fourth-order valence-corrected chi connectivity index (χ4v) is 2.63. The number of aromatic nitrogens is 1. The fourth-order valence-electron chi connectivity index (χ4n) is 2.63. The first kappa shape index (κ1) is 16.2. The molecule has 2 heteroatoms. The molecule has 1 aromatic rings. The molecule has 19 heavy (non-hydrogen) atoms. The summed E-state index contributed by atoms with van der Waals surface area (Å²) >= 11 is 0. The zero-order chi connectivity index (χ0) is 13.9. The van der Waals surface area contributed by atoms with Crippen LogP contribution in [0.1, 0.15) is 58.1 Å². The topological polar surface area (TPSA) is 24.9 Å². The minimum absolute atomic E-state index is 0.629. The average molecular weight is 262 g/mol. The molecule has 1 N–H and O–H groups in total. The van der Waals surface area contributed by atoms with Gasteiger partial charge in [-0.25, -0.2) is 0 Å². The van der Waals surface area contributed by atoms with Gasteiger partial charge in [-0.2, -0.15) is 0 Å². The zero-order valence-corrected chi connectivity index (χ0v) is 12.9. The van der Waals surface area contributed by atoms with Crippen molar-refractivity contribution < 1.29 is 0 Å². The van der Waals surface area contributed by atoms with Crippen LogP contribution in [0.5, 0.6) is 0 Å². The van der Waals surface area contributed by atoms with Gasteiger partial charge >= 0.3 is 0 Å². The molecule has 0 bridgehead atoms. The van der Waals surface area contributed by atoms with Crippen molar-refractivity contribution in [3.63, 3.8) is 0 Å². The van der Waals surface area contributed by atoms with E-state index in [0.29, 0.717) is 6.04 Å². The number of nitrogens with one attached hydrogen (secondary N) is 1. The lowest BCUT2D eigenvalue weighted by Gasteiger charge is -2.22. The molecule has 2 atom stereocenters. The molecule has 108 valence electrons. The van der Waals surface area contributed by atoms with E-state index in [4.69, 9.17) is 0 Å². The zero-order valence-electron chi connectivity index (χ0n) is 12.9. The van der Waals surface area contributed by atoms with Crippen LogP contribution in [-0.4, -0.2) is 18.1 Å². The Labute approximate surface area is 119 Å². The van der Waals surface area contributed by atoms with Gasteiger partial charge in [0.05, 0.1) is 0 Å². The molecule has 0 radical (unpaired) electrons. The van der Waals surface area contributed by atoms with Crippen LogP contribution in [0, 0.1) is 5.92 Å². The number of hydrogen-bond donors (Lipinski definition) is 1. The third-order valence-corrected chi connectivity index (χ3v) is 4.04. The van der Waals surface area contributed by atoms with Crippen LogP contribution in [0.2, 0.25) is 0 Å². The van der Waals surface area contributed by atoms with E-state index in [2.05, 4.69) is 43.3 Å². The lowest BCUT2D eigenvalue weighted by molar-refractivity contribution is 0.348. The van der Waals surface area contributed by atoms with Crippen molar-refractivity contribution in [2.45, 2.75) is 64.8 Å². The molecule has 2 nitrogen and oxygen atoms in total. The highest BCUT2D eigenvalue weighted by Crippen LogP contribution is 2.20. The lowest BCUT2D eigenvalue weighted by atomic mass is 9.90. The standard InChI is InChI=1S/C17H30N2/c1-4-6-9-15(5-2)14-17(18-3)12-11-16-10-7-8-13-19-16/h7-8,10,13,15,17-18H,4-6,9,11-12,14H2,1-3H3. The van der Waals surface area contributed by atoms with Gasteiger partial charge in [-0.05, 0) is 44.4 Å². The Morgan fingerprint density at radius 3 is 2.63 bits per heavy atom. The SMILES string of the molecule is CCCCC(CC)CC(CCc1ccccn1)NC. The first-order valence-corrected chi connectivity index (χ1v) is 7.87. The Hall–Kier alpha value is -0.890. The Kier molecular flexibility index (Phi) is 8.48. The largest absolute Gasteiger partial charge is 0.317 e. The Bertz CT molecular complexity index is 310. The van der Waals surface area contributed by atoms with Gasteiger partial charge in [-0.1, -0.05) is 45.6 Å². The summed E-state index contributed by atoms with van der Waals surface area (Å²) in [6.07, 6.45) is 10.8. The quantitative estimate of drug-likeness (QED) is 0.683. The molecule has 1 heterocycles. The van der Waals surface area contributed by atoms with Crippen molar-refractivity contribution >= 4 is 0 Å². The molecule has 0 aliphatic rings. The second-order valence-corrected chi connectivity index (χ2v) is 5.50. The van der Waals surface area contributed by atoms with E-state index in [0.717, 1.165) is 12.3 Å². The van der Waals surface area contributed by atoms with Crippen molar-refractivity contribution in [2.24, 2.45) is 5.92 Å². The first-order valence-electron chi connectivity index (χ1n) is 7.87. The predicted octanol–water partition coefficient (Wildman–Crippen LogP) is 4.21. The monoisotopic (exact) mass is 262 g/mol.